The van der Waals surface area contributed by atoms with E-state index in [-0.39, 0.29) is 5.91 Å². The zero-order chi connectivity index (χ0) is 19.7. The van der Waals surface area contributed by atoms with E-state index in [1.807, 2.05) is 36.4 Å². The maximum atomic E-state index is 12.5. The van der Waals surface area contributed by atoms with Crippen molar-refractivity contribution in [3.63, 3.8) is 0 Å². The monoisotopic (exact) mass is 402 g/mol. The van der Waals surface area contributed by atoms with Gasteiger partial charge in [0.2, 0.25) is 0 Å². The predicted molar refractivity (Wildman–Crippen MR) is 108 cm³/mol. The molecule has 1 amide bonds. The summed E-state index contributed by atoms with van der Waals surface area (Å²) in [6, 6.07) is 11.6. The number of benzene rings is 2. The van der Waals surface area contributed by atoms with Gasteiger partial charge in [0.1, 0.15) is 5.75 Å². The molecule has 28 heavy (non-hydrogen) atoms. The summed E-state index contributed by atoms with van der Waals surface area (Å²) in [5.41, 5.74) is 1.94. The van der Waals surface area contributed by atoms with Crippen molar-refractivity contribution < 1.29 is 19.0 Å². The van der Waals surface area contributed by atoms with Gasteiger partial charge in [0.25, 0.3) is 5.91 Å². The van der Waals surface area contributed by atoms with Crippen LogP contribution in [0, 0.1) is 0 Å². The third-order valence-corrected chi connectivity index (χ3v) is 5.09. The van der Waals surface area contributed by atoms with Gasteiger partial charge in [-0.3, -0.25) is 4.79 Å². The Hall–Kier alpha value is -2.60. The lowest BCUT2D eigenvalue weighted by atomic mass is 10.1. The van der Waals surface area contributed by atoms with Crippen molar-refractivity contribution in [2.24, 2.45) is 0 Å². The van der Waals surface area contributed by atoms with Gasteiger partial charge >= 0.3 is 0 Å². The zero-order valence-corrected chi connectivity index (χ0v) is 16.7. The Bertz CT molecular complexity index is 887. The highest BCUT2D eigenvalue weighted by Crippen LogP contribution is 2.40. The van der Waals surface area contributed by atoms with Gasteiger partial charge in [-0.1, -0.05) is 23.7 Å². The zero-order valence-electron chi connectivity index (χ0n) is 16.0. The van der Waals surface area contributed by atoms with Crippen molar-refractivity contribution in [3.05, 3.63) is 47.0 Å². The van der Waals surface area contributed by atoms with Crippen LogP contribution < -0.4 is 19.1 Å². The van der Waals surface area contributed by atoms with Crippen LogP contribution in [0.3, 0.4) is 0 Å². The van der Waals surface area contributed by atoms with Gasteiger partial charge in [0.15, 0.2) is 17.6 Å². The Balaban J connectivity index is 1.64. The fraction of sp³-hybridized carbons (Fsp3) is 0.381. The summed E-state index contributed by atoms with van der Waals surface area (Å²) >= 11 is 6.45. The number of anilines is 1. The Morgan fingerprint density at radius 3 is 2.79 bits per heavy atom. The minimum atomic E-state index is -0.555. The number of carbonyl (C=O) groups is 1. The summed E-state index contributed by atoms with van der Waals surface area (Å²) in [6.07, 6.45) is 0.270. The molecule has 4 rings (SSSR count). The Labute approximate surface area is 169 Å². The molecule has 2 heterocycles. The highest BCUT2D eigenvalue weighted by atomic mass is 35.5. The molecule has 0 aliphatic carbocycles. The van der Waals surface area contributed by atoms with Crippen molar-refractivity contribution in [1.29, 1.82) is 0 Å². The van der Waals surface area contributed by atoms with E-state index in [1.165, 1.54) is 0 Å². The summed E-state index contributed by atoms with van der Waals surface area (Å²) in [7, 11) is 3.47. The molecule has 0 fully saturated rings. The number of hydrogen-bond acceptors (Lipinski definition) is 5. The van der Waals surface area contributed by atoms with E-state index in [0.29, 0.717) is 48.6 Å². The number of para-hydroxylation sites is 2. The normalized spacial score (nSPS) is 18.0. The van der Waals surface area contributed by atoms with E-state index < -0.39 is 6.10 Å². The summed E-state index contributed by atoms with van der Waals surface area (Å²) in [5.74, 6) is 1.92. The van der Waals surface area contributed by atoms with Crippen LogP contribution in [0.15, 0.2) is 36.4 Å². The van der Waals surface area contributed by atoms with Crippen LogP contribution >= 0.6 is 11.6 Å². The highest BCUT2D eigenvalue weighted by molar-refractivity contribution is 6.32. The Morgan fingerprint density at radius 2 is 1.96 bits per heavy atom. The number of likely N-dealkylation sites (N-methyl/N-ethyl adjacent to an activating group) is 1. The summed E-state index contributed by atoms with van der Waals surface area (Å²) < 4.78 is 17.5. The topological polar surface area (TPSA) is 51.2 Å². The molecule has 0 saturated heterocycles. The van der Waals surface area contributed by atoms with Gasteiger partial charge in [0.05, 0.1) is 30.5 Å². The minimum Gasteiger partial charge on any atom is -0.489 e. The number of fused-ring (bicyclic) bond motifs is 2. The van der Waals surface area contributed by atoms with Crippen molar-refractivity contribution in [1.82, 2.24) is 4.90 Å². The van der Waals surface area contributed by atoms with Crippen LogP contribution in [0.5, 0.6) is 17.2 Å². The first-order valence-electron chi connectivity index (χ1n) is 9.33. The average Bonchev–Trinajstić information content (AvgIpc) is 2.93. The van der Waals surface area contributed by atoms with Crippen LogP contribution in [0.4, 0.5) is 5.69 Å². The van der Waals surface area contributed by atoms with Crippen LogP contribution in [0.1, 0.15) is 12.0 Å². The van der Waals surface area contributed by atoms with Gasteiger partial charge in [0, 0.05) is 27.1 Å². The molecule has 7 heteroatoms. The third kappa shape index (κ3) is 3.69. The van der Waals surface area contributed by atoms with E-state index >= 15 is 0 Å². The lowest BCUT2D eigenvalue weighted by molar-refractivity contribution is -0.136. The second-order valence-electron chi connectivity index (χ2n) is 7.14. The third-order valence-electron chi connectivity index (χ3n) is 4.81. The second kappa shape index (κ2) is 7.80. The van der Waals surface area contributed by atoms with E-state index in [9.17, 15) is 4.79 Å². The van der Waals surface area contributed by atoms with Crippen molar-refractivity contribution in [3.8, 4) is 17.2 Å². The lowest BCUT2D eigenvalue weighted by Gasteiger charge is -2.36. The van der Waals surface area contributed by atoms with Crippen LogP contribution in [-0.4, -0.2) is 50.8 Å². The first-order chi connectivity index (χ1) is 13.5. The molecule has 1 atom stereocenters. The van der Waals surface area contributed by atoms with Crippen LogP contribution in [-0.2, 0) is 11.3 Å². The van der Waals surface area contributed by atoms with Gasteiger partial charge in [-0.05, 0) is 29.8 Å². The fourth-order valence-electron chi connectivity index (χ4n) is 3.47. The molecular weight excluding hydrogens is 380 g/mol. The summed E-state index contributed by atoms with van der Waals surface area (Å²) in [4.78, 5) is 16.2. The molecular formula is C21H23ClN2O4. The molecule has 2 aliphatic heterocycles. The molecule has 2 aromatic rings. The lowest BCUT2D eigenvalue weighted by Crippen LogP contribution is -2.48. The van der Waals surface area contributed by atoms with Gasteiger partial charge in [-0.15, -0.1) is 0 Å². The first-order valence-corrected chi connectivity index (χ1v) is 9.70. The molecule has 2 aromatic carbocycles. The van der Waals surface area contributed by atoms with Gasteiger partial charge in [-0.25, -0.2) is 0 Å². The van der Waals surface area contributed by atoms with E-state index in [2.05, 4.69) is 4.90 Å². The molecule has 0 spiro atoms. The average molecular weight is 403 g/mol. The van der Waals surface area contributed by atoms with Gasteiger partial charge in [-0.2, -0.15) is 0 Å². The standard InChI is InChI=1S/C21H23ClN2O4/c1-23(2)21(25)19-13-24(16-6-3-4-7-17(16)28-19)12-14-10-15(22)20-18(11-14)26-8-5-9-27-20/h3-4,6-7,10-11,19H,5,8-9,12-13H2,1-2H3/t19-/m1/s1. The number of halogens is 1. The quantitative estimate of drug-likeness (QED) is 0.788. The Kier molecular flexibility index (Phi) is 5.22. The smallest absolute Gasteiger partial charge is 0.265 e. The molecule has 148 valence electrons. The predicted octanol–water partition coefficient (Wildman–Crippen LogP) is 3.36. The SMILES string of the molecule is CN(C)C(=O)[C@H]1CN(Cc2cc(Cl)c3c(c2)OCCCO3)c2ccccc2O1. The highest BCUT2D eigenvalue weighted by Gasteiger charge is 2.32. The summed E-state index contributed by atoms with van der Waals surface area (Å²) in [5, 5.41) is 0.539. The fourth-order valence-corrected chi connectivity index (χ4v) is 3.76. The number of nitrogens with zero attached hydrogens (tertiary/aromatic N) is 2. The van der Waals surface area contributed by atoms with Crippen LogP contribution in [0.25, 0.3) is 0 Å². The number of ether oxygens (including phenoxy) is 3. The number of rotatable bonds is 3. The van der Waals surface area contributed by atoms with Crippen molar-refractivity contribution >= 4 is 23.2 Å². The van der Waals surface area contributed by atoms with E-state index in [1.54, 1.807) is 19.0 Å². The van der Waals surface area contributed by atoms with Gasteiger partial charge < -0.3 is 24.0 Å². The second-order valence-corrected chi connectivity index (χ2v) is 7.55. The number of carbonyl (C=O) groups excluding carboxylic acids is 1. The maximum Gasteiger partial charge on any atom is 0.265 e. The molecule has 0 unspecified atom stereocenters. The van der Waals surface area contributed by atoms with Crippen molar-refractivity contribution in [2.45, 2.75) is 19.1 Å². The van der Waals surface area contributed by atoms with E-state index in [4.69, 9.17) is 25.8 Å². The molecule has 0 bridgehead atoms. The van der Waals surface area contributed by atoms with E-state index in [0.717, 1.165) is 17.7 Å². The maximum absolute atomic E-state index is 12.5. The number of amides is 1. The molecule has 0 saturated carbocycles. The molecule has 2 aliphatic rings. The number of hydrogen-bond donors (Lipinski definition) is 0. The molecule has 6 nitrogen and oxygen atoms in total. The largest absolute Gasteiger partial charge is 0.489 e. The molecule has 0 radical (unpaired) electrons. The Morgan fingerprint density at radius 1 is 1.18 bits per heavy atom. The van der Waals surface area contributed by atoms with Crippen LogP contribution in [0.2, 0.25) is 5.02 Å². The molecule has 0 aromatic heterocycles. The summed E-state index contributed by atoms with van der Waals surface area (Å²) in [6.45, 7) is 2.23. The van der Waals surface area contributed by atoms with Crippen molar-refractivity contribution in [2.75, 3.05) is 38.8 Å². The molecule has 0 N–H and O–H groups in total. The minimum absolute atomic E-state index is 0.0591. The first kappa shape index (κ1) is 18.7.